The maximum atomic E-state index is 12.5. The zero-order chi connectivity index (χ0) is 21.0. The number of allylic oxidation sites excluding steroid dienone is 1. The van der Waals surface area contributed by atoms with E-state index in [9.17, 15) is 19.2 Å². The fourth-order valence-electron chi connectivity index (χ4n) is 3.60. The molecule has 0 saturated heterocycles. The number of para-hydroxylation sites is 1. The highest BCUT2D eigenvalue weighted by Crippen LogP contribution is 2.43. The first-order valence-electron chi connectivity index (χ1n) is 8.99. The van der Waals surface area contributed by atoms with Crippen LogP contribution in [-0.4, -0.2) is 44.0 Å². The lowest BCUT2D eigenvalue weighted by atomic mass is 9.80. The molecule has 8 nitrogen and oxygen atoms in total. The van der Waals surface area contributed by atoms with Crippen molar-refractivity contribution < 1.29 is 38.1 Å². The Morgan fingerprint density at radius 1 is 1.21 bits per heavy atom. The van der Waals surface area contributed by atoms with Gasteiger partial charge >= 0.3 is 17.9 Å². The lowest BCUT2D eigenvalue weighted by molar-refractivity contribution is -0.138. The van der Waals surface area contributed by atoms with Crippen LogP contribution in [-0.2, 0) is 28.6 Å². The molecule has 0 fully saturated rings. The lowest BCUT2D eigenvalue weighted by Crippen LogP contribution is -2.37. The van der Waals surface area contributed by atoms with E-state index in [-0.39, 0.29) is 23.8 Å². The molecule has 1 aromatic rings. The third-order valence-electron chi connectivity index (χ3n) is 4.89. The second-order valence-electron chi connectivity index (χ2n) is 6.61. The quantitative estimate of drug-likeness (QED) is 0.309. The molecule has 3 atom stereocenters. The van der Waals surface area contributed by atoms with E-state index in [1.807, 2.05) is 6.08 Å². The predicted octanol–water partition coefficient (Wildman–Crippen LogP) is 1.99. The second kappa shape index (κ2) is 8.72. The smallest absolute Gasteiger partial charge is 0.342 e. The summed E-state index contributed by atoms with van der Waals surface area (Å²) >= 11 is 0. The second-order valence-corrected chi connectivity index (χ2v) is 6.61. The summed E-state index contributed by atoms with van der Waals surface area (Å²) in [6, 6.07) is 6.24. The largest absolute Gasteiger partial charge is 0.489 e. The predicted molar refractivity (Wildman–Crippen MR) is 98.7 cm³/mol. The molecule has 2 aliphatic rings. The van der Waals surface area contributed by atoms with E-state index in [1.165, 1.54) is 32.4 Å². The molecular weight excluding hydrogens is 380 g/mol. The first-order chi connectivity index (χ1) is 14.0. The van der Waals surface area contributed by atoms with Gasteiger partial charge in [-0.3, -0.25) is 9.59 Å². The number of fused-ring (bicyclic) bond motifs is 1. The molecule has 0 saturated carbocycles. The van der Waals surface area contributed by atoms with Crippen molar-refractivity contribution in [3.05, 3.63) is 53.3 Å². The van der Waals surface area contributed by atoms with Crippen molar-refractivity contribution in [1.29, 1.82) is 0 Å². The molecule has 0 spiro atoms. The van der Waals surface area contributed by atoms with Crippen molar-refractivity contribution >= 4 is 24.2 Å². The lowest BCUT2D eigenvalue weighted by Gasteiger charge is -2.32. The van der Waals surface area contributed by atoms with Crippen LogP contribution >= 0.6 is 0 Å². The van der Waals surface area contributed by atoms with Gasteiger partial charge in [-0.1, -0.05) is 18.2 Å². The Balaban J connectivity index is 1.73. The minimum absolute atomic E-state index is 0.0867. The third kappa shape index (κ3) is 4.21. The van der Waals surface area contributed by atoms with Crippen LogP contribution in [0.15, 0.2) is 47.7 Å². The Bertz CT molecular complexity index is 898. The van der Waals surface area contributed by atoms with Gasteiger partial charge in [0.25, 0.3) is 0 Å². The SMILES string of the molecule is COC(=O)C1=COC(C=O)C2C(COC(=O)c3ccccc3OC(C)=O)=CCC12. The van der Waals surface area contributed by atoms with Crippen LogP contribution in [0.25, 0.3) is 0 Å². The van der Waals surface area contributed by atoms with Crippen LogP contribution in [0.3, 0.4) is 0 Å². The molecule has 3 rings (SSSR count). The molecule has 8 heteroatoms. The molecule has 29 heavy (non-hydrogen) atoms. The number of esters is 3. The topological polar surface area (TPSA) is 105 Å². The Labute approximate surface area is 167 Å². The molecule has 1 heterocycles. The van der Waals surface area contributed by atoms with Crippen LogP contribution < -0.4 is 4.74 Å². The van der Waals surface area contributed by atoms with Gasteiger partial charge in [0.1, 0.15) is 17.9 Å². The third-order valence-corrected chi connectivity index (χ3v) is 4.89. The molecule has 3 unspecified atom stereocenters. The van der Waals surface area contributed by atoms with Crippen LogP contribution in [0.5, 0.6) is 5.75 Å². The molecule has 0 radical (unpaired) electrons. The highest BCUT2D eigenvalue weighted by atomic mass is 16.5. The highest BCUT2D eigenvalue weighted by molar-refractivity contribution is 5.93. The van der Waals surface area contributed by atoms with Gasteiger partial charge in [-0.25, -0.2) is 9.59 Å². The monoisotopic (exact) mass is 400 g/mol. The first kappa shape index (κ1) is 20.3. The average molecular weight is 400 g/mol. The zero-order valence-corrected chi connectivity index (χ0v) is 16.0. The zero-order valence-electron chi connectivity index (χ0n) is 16.0. The van der Waals surface area contributed by atoms with Gasteiger partial charge in [0.05, 0.1) is 18.9 Å². The fraction of sp³-hybridized carbons (Fsp3) is 0.333. The minimum atomic E-state index is -0.783. The average Bonchev–Trinajstić information content (AvgIpc) is 3.15. The Morgan fingerprint density at radius 3 is 2.66 bits per heavy atom. The van der Waals surface area contributed by atoms with Crippen molar-refractivity contribution in [3.8, 4) is 5.75 Å². The van der Waals surface area contributed by atoms with Crippen molar-refractivity contribution in [1.82, 2.24) is 0 Å². The van der Waals surface area contributed by atoms with Gasteiger partial charge < -0.3 is 18.9 Å². The van der Waals surface area contributed by atoms with Gasteiger partial charge in [0.15, 0.2) is 12.4 Å². The van der Waals surface area contributed by atoms with Crippen LogP contribution in [0.4, 0.5) is 0 Å². The number of carbonyl (C=O) groups is 4. The Kier molecular flexibility index (Phi) is 6.11. The summed E-state index contributed by atoms with van der Waals surface area (Å²) < 4.78 is 20.6. The van der Waals surface area contributed by atoms with Crippen LogP contribution in [0, 0.1) is 11.8 Å². The first-order valence-corrected chi connectivity index (χ1v) is 8.99. The van der Waals surface area contributed by atoms with Gasteiger partial charge in [-0.2, -0.15) is 0 Å². The number of aldehydes is 1. The summed E-state index contributed by atoms with van der Waals surface area (Å²) in [4.78, 5) is 47.2. The Hall–Kier alpha value is -3.42. The number of ether oxygens (including phenoxy) is 4. The standard InChI is InChI=1S/C21H20O8/c1-12(23)29-17-6-4-3-5-15(17)21(25)28-10-13-7-8-14-16(20(24)26-2)11-27-18(9-22)19(13)14/h3-7,9,11,14,18-19H,8,10H2,1-2H3. The maximum Gasteiger partial charge on any atom is 0.342 e. The summed E-state index contributed by atoms with van der Waals surface area (Å²) in [6.45, 7) is 1.15. The number of carbonyl (C=O) groups excluding carboxylic acids is 4. The minimum Gasteiger partial charge on any atom is -0.489 e. The van der Waals surface area contributed by atoms with Crippen molar-refractivity contribution in [3.63, 3.8) is 0 Å². The van der Waals surface area contributed by atoms with Crippen LogP contribution in [0.2, 0.25) is 0 Å². The molecule has 0 bridgehead atoms. The van der Waals surface area contributed by atoms with Crippen molar-refractivity contribution in [2.45, 2.75) is 19.4 Å². The molecule has 0 N–H and O–H groups in total. The van der Waals surface area contributed by atoms with E-state index in [0.29, 0.717) is 23.9 Å². The maximum absolute atomic E-state index is 12.5. The number of rotatable bonds is 6. The summed E-state index contributed by atoms with van der Waals surface area (Å²) in [5, 5.41) is 0. The molecule has 0 aromatic heterocycles. The van der Waals surface area contributed by atoms with E-state index in [2.05, 4.69) is 0 Å². The molecular formula is C21H20O8. The van der Waals surface area contributed by atoms with Gasteiger partial charge in [0.2, 0.25) is 0 Å². The van der Waals surface area contributed by atoms with Crippen molar-refractivity contribution in [2.75, 3.05) is 13.7 Å². The summed E-state index contributed by atoms with van der Waals surface area (Å²) in [6.07, 6.45) is 3.48. The van der Waals surface area contributed by atoms with E-state index in [0.717, 1.165) is 0 Å². The molecule has 152 valence electrons. The van der Waals surface area contributed by atoms with Gasteiger partial charge in [-0.05, 0) is 24.1 Å². The van der Waals surface area contributed by atoms with Gasteiger partial charge in [-0.15, -0.1) is 0 Å². The molecule has 1 aliphatic heterocycles. The number of hydrogen-bond donors (Lipinski definition) is 0. The molecule has 0 amide bonds. The van der Waals surface area contributed by atoms with E-state index in [1.54, 1.807) is 12.1 Å². The van der Waals surface area contributed by atoms with E-state index >= 15 is 0 Å². The van der Waals surface area contributed by atoms with Gasteiger partial charge in [0, 0.05) is 18.8 Å². The summed E-state index contributed by atoms with van der Waals surface area (Å²) in [7, 11) is 1.27. The number of benzene rings is 1. The summed E-state index contributed by atoms with van der Waals surface area (Å²) in [5.41, 5.74) is 1.13. The van der Waals surface area contributed by atoms with E-state index in [4.69, 9.17) is 18.9 Å². The molecule has 1 aliphatic carbocycles. The van der Waals surface area contributed by atoms with Crippen LogP contribution in [0.1, 0.15) is 23.7 Å². The number of methoxy groups -OCH3 is 1. The van der Waals surface area contributed by atoms with E-state index < -0.39 is 29.9 Å². The highest BCUT2D eigenvalue weighted by Gasteiger charge is 2.44. The Morgan fingerprint density at radius 2 is 1.97 bits per heavy atom. The summed E-state index contributed by atoms with van der Waals surface area (Å²) in [5.74, 6) is -2.36. The van der Waals surface area contributed by atoms with Crippen molar-refractivity contribution in [2.24, 2.45) is 11.8 Å². The fourth-order valence-corrected chi connectivity index (χ4v) is 3.60. The molecule has 1 aromatic carbocycles. The normalized spacial score (nSPS) is 22.3. The number of hydrogen-bond acceptors (Lipinski definition) is 8.